The van der Waals surface area contributed by atoms with E-state index >= 15 is 0 Å². The second kappa shape index (κ2) is 4.95. The fraction of sp³-hybridized carbons (Fsp3) is 0.778. The van der Waals surface area contributed by atoms with Crippen molar-refractivity contribution in [1.29, 1.82) is 0 Å². The minimum atomic E-state index is -0.543. The molecule has 1 saturated carbocycles. The minimum Gasteiger partial charge on any atom is -0.368 e. The number of nitrogens with one attached hydrogen (secondary N) is 2. The smallest absolute Gasteiger partial charge is 0.235 e. The third kappa shape index (κ3) is 3.74. The maximum atomic E-state index is 11.3. The second-order valence-corrected chi connectivity index (χ2v) is 3.56. The molecule has 0 radical (unpaired) electrons. The fourth-order valence-corrected chi connectivity index (χ4v) is 1.22. The SMILES string of the molecule is CCNC(CC(=O)NC1CC1)C(N)=O. The van der Waals surface area contributed by atoms with Crippen LogP contribution in [0.2, 0.25) is 0 Å². The summed E-state index contributed by atoms with van der Waals surface area (Å²) in [5, 5.41) is 5.68. The molecule has 0 aromatic rings. The summed E-state index contributed by atoms with van der Waals surface area (Å²) in [6.07, 6.45) is 2.24. The van der Waals surface area contributed by atoms with E-state index in [1.807, 2.05) is 6.92 Å². The molecule has 5 heteroatoms. The number of hydrogen-bond acceptors (Lipinski definition) is 3. The van der Waals surface area contributed by atoms with E-state index in [0.717, 1.165) is 12.8 Å². The molecule has 0 aromatic carbocycles. The van der Waals surface area contributed by atoms with Crippen LogP contribution in [0.4, 0.5) is 0 Å². The van der Waals surface area contributed by atoms with Gasteiger partial charge in [0.25, 0.3) is 0 Å². The molecule has 5 nitrogen and oxygen atoms in total. The molecule has 1 fully saturated rings. The van der Waals surface area contributed by atoms with Crippen LogP contribution in [0.5, 0.6) is 0 Å². The molecule has 1 unspecified atom stereocenters. The Labute approximate surface area is 83.4 Å². The van der Waals surface area contributed by atoms with Gasteiger partial charge < -0.3 is 16.4 Å². The van der Waals surface area contributed by atoms with Crippen molar-refractivity contribution in [3.05, 3.63) is 0 Å². The second-order valence-electron chi connectivity index (χ2n) is 3.56. The molecule has 2 amide bonds. The van der Waals surface area contributed by atoms with E-state index in [9.17, 15) is 9.59 Å². The Hall–Kier alpha value is -1.10. The number of nitrogens with two attached hydrogens (primary N) is 1. The summed E-state index contributed by atoms with van der Waals surface area (Å²) in [4.78, 5) is 22.2. The first kappa shape index (κ1) is 11.0. The highest BCUT2D eigenvalue weighted by Gasteiger charge is 2.25. The van der Waals surface area contributed by atoms with E-state index in [2.05, 4.69) is 10.6 Å². The molecule has 0 saturated heterocycles. The lowest BCUT2D eigenvalue weighted by molar-refractivity contribution is -0.126. The largest absolute Gasteiger partial charge is 0.368 e. The Kier molecular flexibility index (Phi) is 3.88. The predicted molar refractivity (Wildman–Crippen MR) is 52.4 cm³/mol. The van der Waals surface area contributed by atoms with E-state index in [1.165, 1.54) is 0 Å². The molecule has 0 aromatic heterocycles. The zero-order valence-electron chi connectivity index (χ0n) is 8.38. The Morgan fingerprint density at radius 2 is 2.14 bits per heavy atom. The van der Waals surface area contributed by atoms with Crippen LogP contribution >= 0.6 is 0 Å². The lowest BCUT2D eigenvalue weighted by Gasteiger charge is -2.13. The summed E-state index contributed by atoms with van der Waals surface area (Å²) in [6.45, 7) is 2.50. The van der Waals surface area contributed by atoms with E-state index < -0.39 is 11.9 Å². The standard InChI is InChI=1S/C9H17N3O2/c1-2-11-7(9(10)14)5-8(13)12-6-3-4-6/h6-7,11H,2-5H2,1H3,(H2,10,14)(H,12,13). The molecule has 14 heavy (non-hydrogen) atoms. The normalized spacial score (nSPS) is 17.5. The van der Waals surface area contributed by atoms with Gasteiger partial charge in [0.1, 0.15) is 0 Å². The quantitative estimate of drug-likeness (QED) is 0.519. The van der Waals surface area contributed by atoms with Crippen LogP contribution in [-0.2, 0) is 9.59 Å². The maximum absolute atomic E-state index is 11.3. The van der Waals surface area contributed by atoms with Crippen LogP contribution in [0.15, 0.2) is 0 Å². The average Bonchev–Trinajstić information content (AvgIpc) is 2.87. The van der Waals surface area contributed by atoms with Crippen LogP contribution in [0.25, 0.3) is 0 Å². The monoisotopic (exact) mass is 199 g/mol. The van der Waals surface area contributed by atoms with Crippen LogP contribution in [0.1, 0.15) is 26.2 Å². The molecule has 0 bridgehead atoms. The minimum absolute atomic E-state index is 0.0998. The van der Waals surface area contributed by atoms with Gasteiger partial charge in [0.15, 0.2) is 0 Å². The molecule has 0 spiro atoms. The number of rotatable bonds is 6. The van der Waals surface area contributed by atoms with Gasteiger partial charge in [0.05, 0.1) is 12.5 Å². The van der Waals surface area contributed by atoms with Crippen molar-refractivity contribution in [2.24, 2.45) is 5.73 Å². The molecular formula is C9H17N3O2. The van der Waals surface area contributed by atoms with Crippen molar-refractivity contribution in [3.63, 3.8) is 0 Å². The molecule has 1 rings (SSSR count). The molecule has 0 aliphatic heterocycles. The van der Waals surface area contributed by atoms with Crippen molar-refractivity contribution in [2.75, 3.05) is 6.54 Å². The highest BCUT2D eigenvalue weighted by molar-refractivity contribution is 5.87. The Balaban J connectivity index is 2.29. The molecular weight excluding hydrogens is 182 g/mol. The van der Waals surface area contributed by atoms with Gasteiger partial charge in [-0.15, -0.1) is 0 Å². The first-order chi connectivity index (χ1) is 6.63. The zero-order chi connectivity index (χ0) is 10.6. The topological polar surface area (TPSA) is 84.2 Å². The number of primary amides is 1. The summed E-state index contributed by atoms with van der Waals surface area (Å²) >= 11 is 0. The Morgan fingerprint density at radius 1 is 1.50 bits per heavy atom. The lowest BCUT2D eigenvalue weighted by atomic mass is 10.2. The third-order valence-corrected chi connectivity index (χ3v) is 2.13. The van der Waals surface area contributed by atoms with Crippen molar-refractivity contribution in [3.8, 4) is 0 Å². The van der Waals surface area contributed by atoms with Crippen molar-refractivity contribution >= 4 is 11.8 Å². The third-order valence-electron chi connectivity index (χ3n) is 2.13. The summed E-state index contributed by atoms with van der Waals surface area (Å²) in [7, 11) is 0. The Bertz CT molecular complexity index is 226. The number of hydrogen-bond donors (Lipinski definition) is 3. The summed E-state index contributed by atoms with van der Waals surface area (Å²) in [6, 6.07) is -0.212. The van der Waals surface area contributed by atoms with E-state index in [4.69, 9.17) is 5.73 Å². The van der Waals surface area contributed by atoms with Gasteiger partial charge in [-0.3, -0.25) is 9.59 Å². The molecule has 0 heterocycles. The number of carbonyl (C=O) groups excluding carboxylic acids is 2. The molecule has 1 atom stereocenters. The Morgan fingerprint density at radius 3 is 2.57 bits per heavy atom. The predicted octanol–water partition coefficient (Wildman–Crippen LogP) is -0.881. The number of amides is 2. The van der Waals surface area contributed by atoms with Gasteiger partial charge in [-0.25, -0.2) is 0 Å². The van der Waals surface area contributed by atoms with Gasteiger partial charge in [0.2, 0.25) is 11.8 Å². The molecule has 80 valence electrons. The molecule has 1 aliphatic carbocycles. The van der Waals surface area contributed by atoms with E-state index in [0.29, 0.717) is 12.6 Å². The van der Waals surface area contributed by atoms with E-state index in [-0.39, 0.29) is 12.3 Å². The van der Waals surface area contributed by atoms with Crippen LogP contribution in [0.3, 0.4) is 0 Å². The van der Waals surface area contributed by atoms with Crippen molar-refractivity contribution < 1.29 is 9.59 Å². The summed E-state index contributed by atoms with van der Waals surface area (Å²) < 4.78 is 0. The van der Waals surface area contributed by atoms with Crippen molar-refractivity contribution in [2.45, 2.75) is 38.3 Å². The average molecular weight is 199 g/mol. The van der Waals surface area contributed by atoms with Gasteiger partial charge in [-0.05, 0) is 19.4 Å². The van der Waals surface area contributed by atoms with Gasteiger partial charge in [0, 0.05) is 6.04 Å². The van der Waals surface area contributed by atoms with E-state index in [1.54, 1.807) is 0 Å². The highest BCUT2D eigenvalue weighted by atomic mass is 16.2. The lowest BCUT2D eigenvalue weighted by Crippen LogP contribution is -2.44. The number of carbonyl (C=O) groups is 2. The van der Waals surface area contributed by atoms with Crippen molar-refractivity contribution in [1.82, 2.24) is 10.6 Å². The molecule has 1 aliphatic rings. The first-order valence-corrected chi connectivity index (χ1v) is 4.95. The van der Waals surface area contributed by atoms with Crippen LogP contribution in [0, 0.1) is 0 Å². The maximum Gasteiger partial charge on any atom is 0.235 e. The summed E-state index contributed by atoms with van der Waals surface area (Å²) in [5.41, 5.74) is 5.14. The number of likely N-dealkylation sites (N-methyl/N-ethyl adjacent to an activating group) is 1. The van der Waals surface area contributed by atoms with Gasteiger partial charge >= 0.3 is 0 Å². The molecule has 4 N–H and O–H groups in total. The van der Waals surface area contributed by atoms with Crippen LogP contribution in [-0.4, -0.2) is 30.4 Å². The first-order valence-electron chi connectivity index (χ1n) is 4.95. The van der Waals surface area contributed by atoms with Gasteiger partial charge in [-0.2, -0.15) is 0 Å². The zero-order valence-corrected chi connectivity index (χ0v) is 8.38. The van der Waals surface area contributed by atoms with Crippen LogP contribution < -0.4 is 16.4 Å². The van der Waals surface area contributed by atoms with Gasteiger partial charge in [-0.1, -0.05) is 6.92 Å². The highest BCUT2D eigenvalue weighted by Crippen LogP contribution is 2.18. The summed E-state index contributed by atoms with van der Waals surface area (Å²) in [5.74, 6) is -0.574. The fourth-order valence-electron chi connectivity index (χ4n) is 1.22.